The van der Waals surface area contributed by atoms with Gasteiger partial charge in [0.05, 0.1) is 0 Å². The Hall–Kier alpha value is -1.59. The molecule has 0 aromatic carbocycles. The van der Waals surface area contributed by atoms with E-state index in [1.54, 1.807) is 0 Å². The molecule has 0 saturated heterocycles. The second-order valence-electron chi connectivity index (χ2n) is 5.74. The largest absolute Gasteiger partial charge is 0.354 e. The van der Waals surface area contributed by atoms with Gasteiger partial charge in [0, 0.05) is 26.2 Å². The van der Waals surface area contributed by atoms with E-state index in [1.807, 2.05) is 0 Å². The van der Waals surface area contributed by atoms with Gasteiger partial charge in [-0.3, -0.25) is 0 Å². The third kappa shape index (κ3) is 4.44. The number of nitrogens with zero attached hydrogens (tertiary/aromatic N) is 4. The Morgan fingerprint density at radius 3 is 2.19 bits per heavy atom. The van der Waals surface area contributed by atoms with Crippen molar-refractivity contribution in [3.05, 3.63) is 0 Å². The van der Waals surface area contributed by atoms with Crippen molar-refractivity contribution in [2.75, 3.05) is 41.7 Å². The van der Waals surface area contributed by atoms with Crippen LogP contribution >= 0.6 is 0 Å². The fourth-order valence-corrected chi connectivity index (χ4v) is 2.31. The molecule has 1 aromatic heterocycles. The van der Waals surface area contributed by atoms with Crippen molar-refractivity contribution in [2.24, 2.45) is 11.8 Å². The lowest BCUT2D eigenvalue weighted by atomic mass is 10.3. The highest BCUT2D eigenvalue weighted by atomic mass is 15.3. The molecule has 2 rings (SSSR count). The Kier molecular flexibility index (Phi) is 5.59. The zero-order chi connectivity index (χ0) is 15.2. The smallest absolute Gasteiger partial charge is 0.231 e. The Morgan fingerprint density at radius 1 is 1.05 bits per heavy atom. The third-order valence-corrected chi connectivity index (χ3v) is 4.00. The van der Waals surface area contributed by atoms with E-state index in [2.05, 4.69) is 58.2 Å². The molecule has 1 aliphatic rings. The molecular weight excluding hydrogens is 264 g/mol. The first-order valence-electron chi connectivity index (χ1n) is 8.16. The number of aromatic nitrogens is 3. The molecule has 1 heterocycles. The van der Waals surface area contributed by atoms with E-state index in [4.69, 9.17) is 0 Å². The maximum atomic E-state index is 4.56. The summed E-state index contributed by atoms with van der Waals surface area (Å²) in [6, 6.07) is 0. The summed E-state index contributed by atoms with van der Waals surface area (Å²) in [4.78, 5) is 15.7. The van der Waals surface area contributed by atoms with Crippen LogP contribution in [0.3, 0.4) is 0 Å². The van der Waals surface area contributed by atoms with Gasteiger partial charge in [0.2, 0.25) is 17.8 Å². The Balaban J connectivity index is 2.10. The van der Waals surface area contributed by atoms with Crippen LogP contribution in [0.5, 0.6) is 0 Å². The second-order valence-corrected chi connectivity index (χ2v) is 5.74. The molecule has 0 bridgehead atoms. The predicted molar refractivity (Wildman–Crippen MR) is 87.9 cm³/mol. The van der Waals surface area contributed by atoms with Crippen molar-refractivity contribution in [1.29, 1.82) is 0 Å². The summed E-state index contributed by atoms with van der Waals surface area (Å²) in [5.41, 5.74) is 0. The third-order valence-electron chi connectivity index (χ3n) is 4.00. The lowest BCUT2D eigenvalue weighted by Gasteiger charge is -2.19. The summed E-state index contributed by atoms with van der Waals surface area (Å²) in [6.45, 7) is 12.3. The monoisotopic (exact) mass is 292 g/mol. The second kappa shape index (κ2) is 7.43. The van der Waals surface area contributed by atoms with Crippen LogP contribution in [0.2, 0.25) is 0 Å². The highest BCUT2D eigenvalue weighted by Crippen LogP contribution is 2.37. The van der Waals surface area contributed by atoms with Crippen LogP contribution in [-0.2, 0) is 0 Å². The molecule has 6 nitrogen and oxygen atoms in total. The number of hydrogen-bond donors (Lipinski definition) is 2. The Labute approximate surface area is 127 Å². The molecule has 21 heavy (non-hydrogen) atoms. The summed E-state index contributed by atoms with van der Waals surface area (Å²) in [6.07, 6.45) is 2.36. The van der Waals surface area contributed by atoms with Gasteiger partial charge in [-0.2, -0.15) is 15.0 Å². The zero-order valence-corrected chi connectivity index (χ0v) is 13.7. The van der Waals surface area contributed by atoms with E-state index in [0.29, 0.717) is 11.9 Å². The van der Waals surface area contributed by atoms with E-state index in [-0.39, 0.29) is 0 Å². The highest BCUT2D eigenvalue weighted by Gasteiger charge is 2.32. The standard InChI is InChI=1S/C15H28N6/c1-5-8-16-13-18-14(17-10-12-9-11(12)4)20-15(19-13)21(6-2)7-3/h11-12H,5-10H2,1-4H3,(H2,16,17,18,19,20). The van der Waals surface area contributed by atoms with Gasteiger partial charge in [0.15, 0.2) is 0 Å². The minimum Gasteiger partial charge on any atom is -0.354 e. The van der Waals surface area contributed by atoms with Crippen molar-refractivity contribution in [1.82, 2.24) is 15.0 Å². The molecule has 2 N–H and O–H groups in total. The summed E-state index contributed by atoms with van der Waals surface area (Å²) < 4.78 is 0. The molecule has 0 aliphatic heterocycles. The molecule has 2 atom stereocenters. The molecule has 1 aromatic rings. The van der Waals surface area contributed by atoms with Crippen LogP contribution in [0.15, 0.2) is 0 Å². The van der Waals surface area contributed by atoms with Gasteiger partial charge in [-0.1, -0.05) is 13.8 Å². The molecule has 118 valence electrons. The van der Waals surface area contributed by atoms with Crippen molar-refractivity contribution < 1.29 is 0 Å². The van der Waals surface area contributed by atoms with Crippen LogP contribution < -0.4 is 15.5 Å². The van der Waals surface area contributed by atoms with E-state index in [1.165, 1.54) is 6.42 Å². The first-order chi connectivity index (χ1) is 10.2. The first kappa shape index (κ1) is 15.8. The molecule has 0 radical (unpaired) electrons. The van der Waals surface area contributed by atoms with Crippen molar-refractivity contribution >= 4 is 17.8 Å². The van der Waals surface area contributed by atoms with Gasteiger partial charge in [0.25, 0.3) is 0 Å². The Morgan fingerprint density at radius 2 is 1.67 bits per heavy atom. The molecule has 0 amide bonds. The number of rotatable bonds is 9. The lowest BCUT2D eigenvalue weighted by Crippen LogP contribution is -2.25. The van der Waals surface area contributed by atoms with E-state index in [0.717, 1.165) is 50.4 Å². The van der Waals surface area contributed by atoms with Gasteiger partial charge in [-0.05, 0) is 38.5 Å². The molecule has 1 aliphatic carbocycles. The fraction of sp³-hybridized carbons (Fsp3) is 0.800. The van der Waals surface area contributed by atoms with Gasteiger partial charge in [-0.25, -0.2) is 0 Å². The van der Waals surface area contributed by atoms with Crippen molar-refractivity contribution in [2.45, 2.75) is 40.5 Å². The van der Waals surface area contributed by atoms with E-state index >= 15 is 0 Å². The molecule has 6 heteroatoms. The fourth-order valence-electron chi connectivity index (χ4n) is 2.31. The summed E-state index contributed by atoms with van der Waals surface area (Å²) in [5, 5.41) is 6.63. The minimum absolute atomic E-state index is 0.667. The minimum atomic E-state index is 0.667. The van der Waals surface area contributed by atoms with Crippen LogP contribution in [0.4, 0.5) is 17.8 Å². The van der Waals surface area contributed by atoms with Crippen molar-refractivity contribution in [3.8, 4) is 0 Å². The Bertz CT molecular complexity index is 446. The topological polar surface area (TPSA) is 66.0 Å². The van der Waals surface area contributed by atoms with Gasteiger partial charge in [-0.15, -0.1) is 0 Å². The van der Waals surface area contributed by atoms with Crippen LogP contribution in [0, 0.1) is 11.8 Å². The van der Waals surface area contributed by atoms with E-state index < -0.39 is 0 Å². The number of nitrogens with one attached hydrogen (secondary N) is 2. The van der Waals surface area contributed by atoms with Crippen LogP contribution in [0.25, 0.3) is 0 Å². The molecule has 0 spiro atoms. The lowest BCUT2D eigenvalue weighted by molar-refractivity contribution is 0.772. The predicted octanol–water partition coefficient (Wildman–Crippen LogP) is 2.61. The molecule has 1 fully saturated rings. The zero-order valence-electron chi connectivity index (χ0n) is 13.7. The van der Waals surface area contributed by atoms with Crippen molar-refractivity contribution in [3.63, 3.8) is 0 Å². The normalized spacial score (nSPS) is 20.2. The quantitative estimate of drug-likeness (QED) is 0.729. The highest BCUT2D eigenvalue weighted by molar-refractivity contribution is 5.43. The number of hydrogen-bond acceptors (Lipinski definition) is 6. The molecule has 1 saturated carbocycles. The maximum absolute atomic E-state index is 4.56. The first-order valence-corrected chi connectivity index (χ1v) is 8.16. The maximum Gasteiger partial charge on any atom is 0.231 e. The molecule has 2 unspecified atom stereocenters. The molecular formula is C15H28N6. The van der Waals surface area contributed by atoms with Crippen LogP contribution in [-0.4, -0.2) is 41.1 Å². The van der Waals surface area contributed by atoms with Gasteiger partial charge >= 0.3 is 0 Å². The number of anilines is 3. The SMILES string of the molecule is CCCNc1nc(NCC2CC2C)nc(N(CC)CC)n1. The van der Waals surface area contributed by atoms with Gasteiger partial charge < -0.3 is 15.5 Å². The van der Waals surface area contributed by atoms with E-state index in [9.17, 15) is 0 Å². The summed E-state index contributed by atoms with van der Waals surface area (Å²) >= 11 is 0. The summed E-state index contributed by atoms with van der Waals surface area (Å²) in [5.74, 6) is 3.70. The van der Waals surface area contributed by atoms with Crippen LogP contribution in [0.1, 0.15) is 40.5 Å². The average Bonchev–Trinajstić information content (AvgIpc) is 3.20. The van der Waals surface area contributed by atoms with Gasteiger partial charge in [0.1, 0.15) is 0 Å². The average molecular weight is 292 g/mol. The summed E-state index contributed by atoms with van der Waals surface area (Å²) in [7, 11) is 0.